The lowest BCUT2D eigenvalue weighted by molar-refractivity contribution is 0.211. The predicted octanol–water partition coefficient (Wildman–Crippen LogP) is 4.62. The molecule has 1 heterocycles. The minimum Gasteiger partial charge on any atom is -0.507 e. The van der Waals surface area contributed by atoms with E-state index in [1.54, 1.807) is 6.07 Å². The Morgan fingerprint density at radius 3 is 2.36 bits per heavy atom. The molecule has 3 aromatic rings. The summed E-state index contributed by atoms with van der Waals surface area (Å²) < 4.78 is 0. The maximum Gasteiger partial charge on any atom is 0.123 e. The van der Waals surface area contributed by atoms with Gasteiger partial charge in [0.1, 0.15) is 5.75 Å². The number of benzene rings is 3. The highest BCUT2D eigenvalue weighted by atomic mass is 16.3. The maximum absolute atomic E-state index is 10.0. The van der Waals surface area contributed by atoms with Gasteiger partial charge >= 0.3 is 0 Å². The molecule has 0 aromatic heterocycles. The highest BCUT2D eigenvalue weighted by Crippen LogP contribution is 2.31. The third kappa shape index (κ3) is 3.62. The standard InChI is InChI=1S/C22H24N2O/c25-22-11-5-8-19-20(22)9-4-10-21(19)23-18-12-14-24(15-13-18)16-17-6-2-1-3-7-17/h1-11,18,23,25H,12-16H2. The number of phenolic OH excluding ortho intramolecular Hbond substituents is 1. The van der Waals surface area contributed by atoms with Gasteiger partial charge in [0.2, 0.25) is 0 Å². The molecule has 25 heavy (non-hydrogen) atoms. The van der Waals surface area contributed by atoms with Crippen molar-refractivity contribution < 1.29 is 5.11 Å². The molecule has 0 atom stereocenters. The molecule has 2 N–H and O–H groups in total. The number of nitrogens with zero attached hydrogens (tertiary/aromatic N) is 1. The lowest BCUT2D eigenvalue weighted by atomic mass is 10.0. The Labute approximate surface area is 148 Å². The average Bonchev–Trinajstić information content (AvgIpc) is 2.65. The molecule has 0 spiro atoms. The summed E-state index contributed by atoms with van der Waals surface area (Å²) in [5.41, 5.74) is 2.51. The molecule has 0 unspecified atom stereocenters. The van der Waals surface area contributed by atoms with Crippen LogP contribution in [0.15, 0.2) is 66.7 Å². The highest BCUT2D eigenvalue weighted by molar-refractivity contribution is 5.97. The fraction of sp³-hybridized carbons (Fsp3) is 0.273. The second-order valence-corrected chi connectivity index (χ2v) is 6.86. The van der Waals surface area contributed by atoms with Crippen molar-refractivity contribution in [3.8, 4) is 5.75 Å². The maximum atomic E-state index is 10.0. The van der Waals surface area contributed by atoms with Crippen LogP contribution in [-0.2, 0) is 6.54 Å². The van der Waals surface area contributed by atoms with Gasteiger partial charge in [-0.15, -0.1) is 0 Å². The normalized spacial score (nSPS) is 16.2. The smallest absolute Gasteiger partial charge is 0.123 e. The summed E-state index contributed by atoms with van der Waals surface area (Å²) in [5.74, 6) is 0.346. The third-order valence-corrected chi connectivity index (χ3v) is 5.10. The van der Waals surface area contributed by atoms with Crippen LogP contribution >= 0.6 is 0 Å². The van der Waals surface area contributed by atoms with Crippen LogP contribution in [0.1, 0.15) is 18.4 Å². The Bertz CT molecular complexity index is 839. The first kappa shape index (κ1) is 16.0. The Hall–Kier alpha value is -2.52. The lowest BCUT2D eigenvalue weighted by Crippen LogP contribution is -2.38. The number of anilines is 1. The van der Waals surface area contributed by atoms with E-state index in [9.17, 15) is 5.11 Å². The fourth-order valence-electron chi connectivity index (χ4n) is 3.72. The number of piperidine rings is 1. The second kappa shape index (κ2) is 7.16. The largest absolute Gasteiger partial charge is 0.507 e. The van der Waals surface area contributed by atoms with Crippen molar-refractivity contribution >= 4 is 16.5 Å². The van der Waals surface area contributed by atoms with E-state index in [0.29, 0.717) is 11.8 Å². The molecule has 1 aliphatic heterocycles. The van der Waals surface area contributed by atoms with Gasteiger partial charge in [0.25, 0.3) is 0 Å². The van der Waals surface area contributed by atoms with E-state index in [2.05, 4.69) is 52.7 Å². The molecular formula is C22H24N2O. The molecule has 0 amide bonds. The van der Waals surface area contributed by atoms with Crippen molar-refractivity contribution in [3.05, 3.63) is 72.3 Å². The van der Waals surface area contributed by atoms with Crippen LogP contribution in [0.4, 0.5) is 5.69 Å². The van der Waals surface area contributed by atoms with E-state index in [-0.39, 0.29) is 0 Å². The molecular weight excluding hydrogens is 308 g/mol. The number of likely N-dealkylation sites (tertiary alicyclic amines) is 1. The van der Waals surface area contributed by atoms with Gasteiger partial charge in [0.15, 0.2) is 0 Å². The van der Waals surface area contributed by atoms with Gasteiger partial charge in [-0.1, -0.05) is 54.6 Å². The van der Waals surface area contributed by atoms with Crippen LogP contribution in [0, 0.1) is 0 Å². The number of aromatic hydroxyl groups is 1. The van der Waals surface area contributed by atoms with E-state index < -0.39 is 0 Å². The minimum atomic E-state index is 0.346. The van der Waals surface area contributed by atoms with E-state index >= 15 is 0 Å². The SMILES string of the molecule is Oc1cccc2c(NC3CCN(Cc4ccccc4)CC3)cccc12. The Kier molecular flexibility index (Phi) is 4.57. The lowest BCUT2D eigenvalue weighted by Gasteiger charge is -2.33. The van der Waals surface area contributed by atoms with Gasteiger partial charge < -0.3 is 10.4 Å². The molecule has 1 saturated heterocycles. The molecule has 4 rings (SSSR count). The average molecular weight is 332 g/mol. The molecule has 0 bridgehead atoms. The fourth-order valence-corrected chi connectivity index (χ4v) is 3.72. The summed E-state index contributed by atoms with van der Waals surface area (Å²) in [4.78, 5) is 2.53. The van der Waals surface area contributed by atoms with Gasteiger partial charge in [0, 0.05) is 42.1 Å². The molecule has 3 heteroatoms. The van der Waals surface area contributed by atoms with Crippen molar-refractivity contribution in [3.63, 3.8) is 0 Å². The first-order valence-electron chi connectivity index (χ1n) is 9.03. The molecule has 3 nitrogen and oxygen atoms in total. The van der Waals surface area contributed by atoms with Crippen LogP contribution in [0.25, 0.3) is 10.8 Å². The van der Waals surface area contributed by atoms with Crippen LogP contribution in [-0.4, -0.2) is 29.1 Å². The molecule has 0 aliphatic carbocycles. The van der Waals surface area contributed by atoms with Crippen LogP contribution < -0.4 is 5.32 Å². The number of hydrogen-bond donors (Lipinski definition) is 2. The van der Waals surface area contributed by atoms with Crippen LogP contribution in [0.3, 0.4) is 0 Å². The number of nitrogens with one attached hydrogen (secondary N) is 1. The van der Waals surface area contributed by atoms with E-state index in [1.165, 1.54) is 5.56 Å². The summed E-state index contributed by atoms with van der Waals surface area (Å²) in [6.45, 7) is 3.26. The summed E-state index contributed by atoms with van der Waals surface area (Å²) >= 11 is 0. The first-order valence-corrected chi connectivity index (χ1v) is 9.03. The molecule has 3 aromatic carbocycles. The van der Waals surface area contributed by atoms with E-state index in [1.807, 2.05) is 18.2 Å². The quantitative estimate of drug-likeness (QED) is 0.732. The summed E-state index contributed by atoms with van der Waals surface area (Å²) in [6, 6.07) is 23.0. The summed E-state index contributed by atoms with van der Waals surface area (Å²) in [5, 5.41) is 15.7. The number of fused-ring (bicyclic) bond motifs is 1. The van der Waals surface area contributed by atoms with Gasteiger partial charge in [0.05, 0.1) is 0 Å². The zero-order valence-electron chi connectivity index (χ0n) is 14.4. The molecule has 128 valence electrons. The van der Waals surface area contributed by atoms with E-state index in [4.69, 9.17) is 0 Å². The van der Waals surface area contributed by atoms with Crippen molar-refractivity contribution in [2.75, 3.05) is 18.4 Å². The van der Waals surface area contributed by atoms with Crippen LogP contribution in [0.2, 0.25) is 0 Å². The number of hydrogen-bond acceptors (Lipinski definition) is 3. The Balaban J connectivity index is 1.40. The summed E-state index contributed by atoms with van der Waals surface area (Å²) in [6.07, 6.45) is 2.28. The van der Waals surface area contributed by atoms with E-state index in [0.717, 1.165) is 48.9 Å². The Morgan fingerprint density at radius 1 is 0.840 bits per heavy atom. The third-order valence-electron chi connectivity index (χ3n) is 5.10. The molecule has 1 aliphatic rings. The van der Waals surface area contributed by atoms with Gasteiger partial charge in [-0.3, -0.25) is 4.90 Å². The molecule has 0 radical (unpaired) electrons. The number of phenols is 1. The van der Waals surface area contributed by atoms with Crippen molar-refractivity contribution in [2.24, 2.45) is 0 Å². The monoisotopic (exact) mass is 332 g/mol. The van der Waals surface area contributed by atoms with Gasteiger partial charge in [-0.2, -0.15) is 0 Å². The zero-order chi connectivity index (χ0) is 17.1. The van der Waals surface area contributed by atoms with Gasteiger partial charge in [-0.05, 0) is 30.5 Å². The van der Waals surface area contributed by atoms with Crippen molar-refractivity contribution in [1.29, 1.82) is 0 Å². The van der Waals surface area contributed by atoms with Crippen LogP contribution in [0.5, 0.6) is 5.75 Å². The highest BCUT2D eigenvalue weighted by Gasteiger charge is 2.19. The summed E-state index contributed by atoms with van der Waals surface area (Å²) in [7, 11) is 0. The van der Waals surface area contributed by atoms with Crippen molar-refractivity contribution in [1.82, 2.24) is 4.90 Å². The van der Waals surface area contributed by atoms with Crippen molar-refractivity contribution in [2.45, 2.75) is 25.4 Å². The second-order valence-electron chi connectivity index (χ2n) is 6.86. The zero-order valence-corrected chi connectivity index (χ0v) is 14.4. The Morgan fingerprint density at radius 2 is 1.56 bits per heavy atom. The number of rotatable bonds is 4. The predicted molar refractivity (Wildman–Crippen MR) is 104 cm³/mol. The molecule has 1 fully saturated rings. The molecule has 0 saturated carbocycles. The first-order chi connectivity index (χ1) is 12.3. The minimum absolute atomic E-state index is 0.346. The van der Waals surface area contributed by atoms with Gasteiger partial charge in [-0.25, -0.2) is 0 Å². The topological polar surface area (TPSA) is 35.5 Å².